The molecule has 4 rings (SSSR count). The topological polar surface area (TPSA) is 89.9 Å². The number of rotatable bonds is 4. The van der Waals surface area contributed by atoms with E-state index >= 15 is 0 Å². The predicted octanol–water partition coefficient (Wildman–Crippen LogP) is 0.0326. The van der Waals surface area contributed by atoms with Gasteiger partial charge in [0.25, 0.3) is 0 Å². The van der Waals surface area contributed by atoms with Gasteiger partial charge in [-0.2, -0.15) is 4.31 Å². The average Bonchev–Trinajstić information content (AvgIpc) is 3.12. The third-order valence-corrected chi connectivity index (χ3v) is 7.11. The van der Waals surface area contributed by atoms with Crippen molar-refractivity contribution in [3.63, 3.8) is 0 Å². The molecule has 144 valence electrons. The Morgan fingerprint density at radius 1 is 1.00 bits per heavy atom. The monoisotopic (exact) mass is 389 g/mol. The van der Waals surface area contributed by atoms with Crippen LogP contribution >= 0.6 is 0 Å². The van der Waals surface area contributed by atoms with Gasteiger partial charge in [-0.25, -0.2) is 13.4 Å². The van der Waals surface area contributed by atoms with Gasteiger partial charge in [-0.3, -0.25) is 9.88 Å². The Bertz CT molecular complexity index is 857. The summed E-state index contributed by atoms with van der Waals surface area (Å²) in [4.78, 5) is 13.0. The normalized spacial score (nSPS) is 25.0. The molecule has 27 heavy (non-hydrogen) atoms. The highest BCUT2D eigenvalue weighted by Crippen LogP contribution is 2.25. The standard InChI is InChI=1S/C18H23N5O3S/c24-17-14-23(27(25,26)15-4-2-1-3-5-15)13-16(17)21-8-10-22(11-9-21)18-12-19-6-7-20-18/h1-7,12,16-17,24H,8-11,13-14H2/t16-,17-/m0/s1. The summed E-state index contributed by atoms with van der Waals surface area (Å²) in [6.07, 6.45) is 4.38. The van der Waals surface area contributed by atoms with Crippen LogP contribution in [0.25, 0.3) is 0 Å². The first-order valence-corrected chi connectivity index (χ1v) is 10.5. The van der Waals surface area contributed by atoms with Crippen molar-refractivity contribution >= 4 is 15.8 Å². The molecule has 2 aromatic rings. The molecule has 2 aliphatic rings. The molecule has 2 saturated heterocycles. The number of sulfonamides is 1. The van der Waals surface area contributed by atoms with Crippen LogP contribution < -0.4 is 4.90 Å². The van der Waals surface area contributed by atoms with Crippen molar-refractivity contribution < 1.29 is 13.5 Å². The largest absolute Gasteiger partial charge is 0.390 e. The first-order valence-electron chi connectivity index (χ1n) is 9.04. The van der Waals surface area contributed by atoms with Crippen molar-refractivity contribution in [1.29, 1.82) is 0 Å². The van der Waals surface area contributed by atoms with Gasteiger partial charge in [-0.15, -0.1) is 0 Å². The third-order valence-electron chi connectivity index (χ3n) is 5.26. The predicted molar refractivity (Wildman–Crippen MR) is 101 cm³/mol. The summed E-state index contributed by atoms with van der Waals surface area (Å²) in [6.45, 7) is 3.48. The van der Waals surface area contributed by atoms with Gasteiger partial charge in [0.05, 0.1) is 23.2 Å². The van der Waals surface area contributed by atoms with Crippen LogP contribution in [-0.4, -0.2) is 84.1 Å². The Hall–Kier alpha value is -2.07. The van der Waals surface area contributed by atoms with Gasteiger partial charge < -0.3 is 10.0 Å². The summed E-state index contributed by atoms with van der Waals surface area (Å²) in [5.41, 5.74) is 0. The van der Waals surface area contributed by atoms with E-state index in [1.165, 1.54) is 4.31 Å². The molecule has 0 saturated carbocycles. The van der Waals surface area contributed by atoms with Gasteiger partial charge in [-0.1, -0.05) is 18.2 Å². The van der Waals surface area contributed by atoms with E-state index < -0.39 is 16.1 Å². The lowest BCUT2D eigenvalue weighted by atomic mass is 10.1. The van der Waals surface area contributed by atoms with E-state index in [2.05, 4.69) is 19.8 Å². The molecule has 0 spiro atoms. The first kappa shape index (κ1) is 18.3. The molecular formula is C18H23N5O3S. The number of piperazine rings is 1. The quantitative estimate of drug-likeness (QED) is 0.789. The van der Waals surface area contributed by atoms with Crippen molar-refractivity contribution in [2.75, 3.05) is 44.2 Å². The molecule has 1 aromatic carbocycles. The zero-order valence-corrected chi connectivity index (χ0v) is 15.7. The van der Waals surface area contributed by atoms with Gasteiger partial charge >= 0.3 is 0 Å². The SMILES string of the molecule is O=S(=O)(c1ccccc1)N1C[C@H](O)[C@@H](N2CCN(c3cnccn3)CC2)C1. The van der Waals surface area contributed by atoms with E-state index in [1.54, 1.807) is 48.9 Å². The second kappa shape index (κ2) is 7.51. The summed E-state index contributed by atoms with van der Waals surface area (Å²) in [6, 6.07) is 8.21. The smallest absolute Gasteiger partial charge is 0.243 e. The van der Waals surface area contributed by atoms with Gasteiger partial charge in [0.1, 0.15) is 5.82 Å². The molecule has 0 radical (unpaired) electrons. The third kappa shape index (κ3) is 3.68. The summed E-state index contributed by atoms with van der Waals surface area (Å²) < 4.78 is 27.0. The van der Waals surface area contributed by atoms with Crippen LogP contribution in [0.2, 0.25) is 0 Å². The first-order chi connectivity index (χ1) is 13.1. The molecule has 8 nitrogen and oxygen atoms in total. The highest BCUT2D eigenvalue weighted by Gasteiger charge is 2.41. The summed E-state index contributed by atoms with van der Waals surface area (Å²) in [5, 5.41) is 10.5. The number of nitrogens with zero attached hydrogens (tertiary/aromatic N) is 5. The molecule has 0 amide bonds. The lowest BCUT2D eigenvalue weighted by Gasteiger charge is -2.39. The molecule has 2 aliphatic heterocycles. The average molecular weight is 389 g/mol. The number of hydrogen-bond acceptors (Lipinski definition) is 7. The molecule has 0 unspecified atom stereocenters. The molecule has 3 heterocycles. The fraction of sp³-hybridized carbons (Fsp3) is 0.444. The van der Waals surface area contributed by atoms with Crippen LogP contribution in [0.1, 0.15) is 0 Å². The summed E-state index contributed by atoms with van der Waals surface area (Å²) >= 11 is 0. The molecule has 1 N–H and O–H groups in total. The molecular weight excluding hydrogens is 366 g/mol. The minimum atomic E-state index is -3.58. The Labute approximate surface area is 159 Å². The lowest BCUT2D eigenvalue weighted by molar-refractivity contribution is 0.0791. The summed E-state index contributed by atoms with van der Waals surface area (Å²) in [7, 11) is -3.58. The van der Waals surface area contributed by atoms with E-state index in [1.807, 2.05) is 0 Å². The molecule has 2 atom stereocenters. The Kier molecular flexibility index (Phi) is 5.09. The van der Waals surface area contributed by atoms with E-state index in [0.717, 1.165) is 32.0 Å². The molecule has 2 fully saturated rings. The van der Waals surface area contributed by atoms with E-state index in [4.69, 9.17) is 0 Å². The van der Waals surface area contributed by atoms with Crippen LogP contribution in [0, 0.1) is 0 Å². The number of aliphatic hydroxyl groups excluding tert-OH is 1. The van der Waals surface area contributed by atoms with Crippen molar-refractivity contribution in [3.8, 4) is 0 Å². The maximum atomic E-state index is 12.8. The fourth-order valence-electron chi connectivity index (χ4n) is 3.77. The van der Waals surface area contributed by atoms with E-state index in [-0.39, 0.29) is 17.5 Å². The highest BCUT2D eigenvalue weighted by molar-refractivity contribution is 7.89. The lowest BCUT2D eigenvalue weighted by Crippen LogP contribution is -2.54. The molecule has 1 aromatic heterocycles. The molecule has 0 bridgehead atoms. The van der Waals surface area contributed by atoms with Gasteiger partial charge in [0.15, 0.2) is 0 Å². The zero-order chi connectivity index (χ0) is 18.9. The second-order valence-corrected chi connectivity index (χ2v) is 8.79. The maximum absolute atomic E-state index is 12.8. The van der Waals surface area contributed by atoms with Crippen molar-refractivity contribution in [1.82, 2.24) is 19.2 Å². The number of aliphatic hydroxyl groups is 1. The number of anilines is 1. The van der Waals surface area contributed by atoms with E-state index in [9.17, 15) is 13.5 Å². The Morgan fingerprint density at radius 3 is 2.41 bits per heavy atom. The number of hydrogen-bond donors (Lipinski definition) is 1. The van der Waals surface area contributed by atoms with Crippen LogP contribution in [-0.2, 0) is 10.0 Å². The van der Waals surface area contributed by atoms with Crippen LogP contribution in [0.5, 0.6) is 0 Å². The molecule has 9 heteroatoms. The van der Waals surface area contributed by atoms with Crippen LogP contribution in [0.3, 0.4) is 0 Å². The Morgan fingerprint density at radius 2 is 1.74 bits per heavy atom. The Balaban J connectivity index is 1.41. The van der Waals surface area contributed by atoms with Crippen molar-refractivity contribution in [3.05, 3.63) is 48.9 Å². The van der Waals surface area contributed by atoms with Gasteiger partial charge in [0, 0.05) is 51.7 Å². The molecule has 0 aliphatic carbocycles. The van der Waals surface area contributed by atoms with Crippen LogP contribution in [0.4, 0.5) is 5.82 Å². The number of β-amino-alcohol motifs (C(OH)–C–C–N with tert-alkyl or cyclic N) is 1. The minimum Gasteiger partial charge on any atom is -0.390 e. The van der Waals surface area contributed by atoms with E-state index in [0.29, 0.717) is 6.54 Å². The number of aromatic nitrogens is 2. The van der Waals surface area contributed by atoms with Crippen LogP contribution in [0.15, 0.2) is 53.8 Å². The highest BCUT2D eigenvalue weighted by atomic mass is 32.2. The van der Waals surface area contributed by atoms with Crippen molar-refractivity contribution in [2.24, 2.45) is 0 Å². The van der Waals surface area contributed by atoms with Crippen molar-refractivity contribution in [2.45, 2.75) is 17.0 Å². The van der Waals surface area contributed by atoms with Gasteiger partial charge in [-0.05, 0) is 12.1 Å². The van der Waals surface area contributed by atoms with Gasteiger partial charge in [0.2, 0.25) is 10.0 Å². The maximum Gasteiger partial charge on any atom is 0.243 e. The minimum absolute atomic E-state index is 0.131. The fourth-order valence-corrected chi connectivity index (χ4v) is 5.27. The zero-order valence-electron chi connectivity index (χ0n) is 14.9. The summed E-state index contributed by atoms with van der Waals surface area (Å²) in [5.74, 6) is 0.845. The second-order valence-electron chi connectivity index (χ2n) is 6.86. The number of benzene rings is 1.